The molecule has 0 saturated carbocycles. The minimum absolute atomic E-state index is 0.258. The fraction of sp³-hybridized carbons (Fsp3) is 0.167. The van der Waals surface area contributed by atoms with E-state index in [0.717, 1.165) is 10.7 Å². The number of carbonyl (C=O) groups is 1. The van der Waals surface area contributed by atoms with Crippen LogP contribution in [0.5, 0.6) is 0 Å². The molecule has 1 aromatic heterocycles. The van der Waals surface area contributed by atoms with Crippen molar-refractivity contribution in [2.45, 2.75) is 13.5 Å². The van der Waals surface area contributed by atoms with Crippen LogP contribution in [0, 0.1) is 6.92 Å². The number of benzene rings is 1. The second-order valence-electron chi connectivity index (χ2n) is 3.93. The number of nitrogen functional groups attached to an aromatic ring is 1. The van der Waals surface area contributed by atoms with Crippen LogP contribution in [0.3, 0.4) is 0 Å². The monoisotopic (exact) mass is 315 g/mol. The molecule has 0 aliphatic rings. The average molecular weight is 316 g/mol. The first-order valence-corrected chi connectivity index (χ1v) is 7.04. The molecule has 1 heterocycles. The molecule has 4 nitrogen and oxygen atoms in total. The van der Waals surface area contributed by atoms with Gasteiger partial charge < -0.3 is 11.1 Å². The van der Waals surface area contributed by atoms with Crippen molar-refractivity contribution in [3.05, 3.63) is 43.8 Å². The third-order valence-corrected chi connectivity index (χ3v) is 4.17. The van der Waals surface area contributed by atoms with Crippen molar-refractivity contribution in [1.29, 1.82) is 0 Å². The van der Waals surface area contributed by atoms with Crippen LogP contribution in [0.4, 0.5) is 5.69 Å². The molecular weight excluding hydrogens is 305 g/mol. The van der Waals surface area contributed by atoms with Crippen LogP contribution in [0.1, 0.15) is 21.1 Å². The normalized spacial score (nSPS) is 10.5. The maximum Gasteiger partial charge on any atom is 0.251 e. The average Bonchev–Trinajstić information content (AvgIpc) is 2.78. The van der Waals surface area contributed by atoms with E-state index in [9.17, 15) is 4.79 Å². The van der Waals surface area contributed by atoms with Crippen LogP contribution in [-0.4, -0.2) is 10.9 Å². The molecule has 0 spiro atoms. The Morgan fingerprint density at radius 3 is 2.79 bits per heavy atom. The highest BCUT2D eigenvalue weighted by molar-refractivity contribution is 7.09. The molecule has 2 aromatic rings. The molecule has 3 N–H and O–H groups in total. The molecule has 0 bridgehead atoms. The quantitative estimate of drug-likeness (QED) is 0.854. The highest BCUT2D eigenvalue weighted by Crippen LogP contribution is 2.29. The van der Waals surface area contributed by atoms with Gasteiger partial charge in [-0.3, -0.25) is 4.79 Å². The number of nitrogens with zero attached hydrogens (tertiary/aromatic N) is 1. The van der Waals surface area contributed by atoms with Crippen molar-refractivity contribution >= 4 is 46.1 Å². The summed E-state index contributed by atoms with van der Waals surface area (Å²) in [6.45, 7) is 2.28. The van der Waals surface area contributed by atoms with Gasteiger partial charge in [-0.15, -0.1) is 11.3 Å². The van der Waals surface area contributed by atoms with Gasteiger partial charge in [0.05, 0.1) is 22.3 Å². The van der Waals surface area contributed by atoms with Crippen LogP contribution >= 0.6 is 34.5 Å². The lowest BCUT2D eigenvalue weighted by atomic mass is 10.2. The number of anilines is 1. The Labute approximate surface area is 124 Å². The molecule has 0 aliphatic carbocycles. The van der Waals surface area contributed by atoms with Gasteiger partial charge in [0.1, 0.15) is 5.01 Å². The van der Waals surface area contributed by atoms with E-state index in [2.05, 4.69) is 10.3 Å². The Kier molecular flexibility index (Phi) is 4.29. The number of rotatable bonds is 3. The summed E-state index contributed by atoms with van der Waals surface area (Å²) in [6, 6.07) is 2.99. The first-order valence-electron chi connectivity index (χ1n) is 5.41. The highest BCUT2D eigenvalue weighted by atomic mass is 35.5. The van der Waals surface area contributed by atoms with Crippen LogP contribution in [-0.2, 0) is 6.54 Å². The van der Waals surface area contributed by atoms with E-state index in [1.54, 1.807) is 0 Å². The number of aromatic nitrogens is 1. The lowest BCUT2D eigenvalue weighted by Gasteiger charge is -2.06. The maximum atomic E-state index is 11.9. The summed E-state index contributed by atoms with van der Waals surface area (Å²) in [7, 11) is 0. The number of thiazole rings is 1. The van der Waals surface area contributed by atoms with E-state index in [4.69, 9.17) is 28.9 Å². The van der Waals surface area contributed by atoms with Gasteiger partial charge in [0, 0.05) is 16.6 Å². The SMILES string of the molecule is Cc1csc(CNC(=O)c2cc(N)c(Cl)c(Cl)c2)n1. The molecule has 7 heteroatoms. The molecule has 0 fully saturated rings. The fourth-order valence-electron chi connectivity index (χ4n) is 1.48. The predicted molar refractivity (Wildman–Crippen MR) is 78.9 cm³/mol. The topological polar surface area (TPSA) is 68.0 Å². The number of nitrogens with one attached hydrogen (secondary N) is 1. The smallest absolute Gasteiger partial charge is 0.251 e. The van der Waals surface area contributed by atoms with Crippen molar-refractivity contribution in [2.75, 3.05) is 5.73 Å². The second kappa shape index (κ2) is 5.77. The molecule has 0 radical (unpaired) electrons. The fourth-order valence-corrected chi connectivity index (χ4v) is 2.53. The number of halogens is 2. The molecule has 1 amide bonds. The largest absolute Gasteiger partial charge is 0.397 e. The summed E-state index contributed by atoms with van der Waals surface area (Å²) in [5, 5.41) is 6.05. The van der Waals surface area contributed by atoms with E-state index in [1.807, 2.05) is 12.3 Å². The zero-order valence-corrected chi connectivity index (χ0v) is 12.4. The van der Waals surface area contributed by atoms with E-state index in [0.29, 0.717) is 12.1 Å². The Bertz CT molecular complexity index is 604. The van der Waals surface area contributed by atoms with Crippen molar-refractivity contribution in [1.82, 2.24) is 10.3 Å². The zero-order valence-electron chi connectivity index (χ0n) is 10.0. The molecule has 100 valence electrons. The van der Waals surface area contributed by atoms with Crippen LogP contribution in [0.15, 0.2) is 17.5 Å². The maximum absolute atomic E-state index is 11.9. The number of nitrogens with two attached hydrogens (primary N) is 1. The Morgan fingerprint density at radius 2 is 2.21 bits per heavy atom. The number of amides is 1. The molecule has 0 aliphatic heterocycles. The van der Waals surface area contributed by atoms with Crippen molar-refractivity contribution in [2.24, 2.45) is 0 Å². The van der Waals surface area contributed by atoms with Gasteiger partial charge in [0.2, 0.25) is 0 Å². The first-order chi connectivity index (χ1) is 8.97. The van der Waals surface area contributed by atoms with Gasteiger partial charge in [-0.2, -0.15) is 0 Å². The summed E-state index contributed by atoms with van der Waals surface area (Å²) in [6.07, 6.45) is 0. The summed E-state index contributed by atoms with van der Waals surface area (Å²) in [4.78, 5) is 16.2. The molecule has 2 rings (SSSR count). The lowest BCUT2D eigenvalue weighted by Crippen LogP contribution is -2.22. The third kappa shape index (κ3) is 3.37. The van der Waals surface area contributed by atoms with Gasteiger partial charge >= 0.3 is 0 Å². The van der Waals surface area contributed by atoms with Gasteiger partial charge in [0.15, 0.2) is 0 Å². The third-order valence-electron chi connectivity index (χ3n) is 2.39. The van der Waals surface area contributed by atoms with Gasteiger partial charge in [-0.25, -0.2) is 4.98 Å². The zero-order chi connectivity index (χ0) is 14.0. The van der Waals surface area contributed by atoms with E-state index >= 15 is 0 Å². The van der Waals surface area contributed by atoms with E-state index in [-0.39, 0.29) is 21.6 Å². The Balaban J connectivity index is 2.08. The van der Waals surface area contributed by atoms with Crippen LogP contribution in [0.25, 0.3) is 0 Å². The summed E-state index contributed by atoms with van der Waals surface area (Å²) in [5.74, 6) is -0.266. The Hall–Kier alpha value is -1.30. The first kappa shape index (κ1) is 14.1. The number of aryl methyl sites for hydroxylation is 1. The van der Waals surface area contributed by atoms with Crippen LogP contribution < -0.4 is 11.1 Å². The second-order valence-corrected chi connectivity index (χ2v) is 5.65. The highest BCUT2D eigenvalue weighted by Gasteiger charge is 2.11. The molecule has 1 aromatic carbocycles. The van der Waals surface area contributed by atoms with Gasteiger partial charge in [-0.05, 0) is 19.1 Å². The molecule has 0 unspecified atom stereocenters. The summed E-state index contributed by atoms with van der Waals surface area (Å²) in [5.41, 5.74) is 7.26. The molecular formula is C12H11Cl2N3OS. The number of hydrogen-bond acceptors (Lipinski definition) is 4. The van der Waals surface area contributed by atoms with Gasteiger partial charge in [0.25, 0.3) is 5.91 Å². The Morgan fingerprint density at radius 1 is 1.47 bits per heavy atom. The lowest BCUT2D eigenvalue weighted by molar-refractivity contribution is 0.0951. The van der Waals surface area contributed by atoms with E-state index < -0.39 is 0 Å². The van der Waals surface area contributed by atoms with Crippen LogP contribution in [0.2, 0.25) is 10.0 Å². The van der Waals surface area contributed by atoms with Crippen molar-refractivity contribution in [3.63, 3.8) is 0 Å². The predicted octanol–water partition coefficient (Wildman–Crippen LogP) is 3.27. The molecule has 19 heavy (non-hydrogen) atoms. The summed E-state index contributed by atoms with van der Waals surface area (Å²) < 4.78 is 0. The molecule has 0 saturated heterocycles. The van der Waals surface area contributed by atoms with Crippen molar-refractivity contribution < 1.29 is 4.79 Å². The number of carbonyl (C=O) groups excluding carboxylic acids is 1. The van der Waals surface area contributed by atoms with E-state index in [1.165, 1.54) is 23.5 Å². The minimum Gasteiger partial charge on any atom is -0.397 e. The van der Waals surface area contributed by atoms with Crippen molar-refractivity contribution in [3.8, 4) is 0 Å². The molecule has 0 atom stereocenters. The summed E-state index contributed by atoms with van der Waals surface area (Å²) >= 11 is 13.2. The standard InChI is InChI=1S/C12H11Cl2N3OS/c1-6-5-19-10(17-6)4-16-12(18)7-2-8(13)11(14)9(15)3-7/h2-3,5H,4,15H2,1H3,(H,16,18). The number of hydrogen-bond donors (Lipinski definition) is 2. The van der Waals surface area contributed by atoms with Gasteiger partial charge in [-0.1, -0.05) is 23.2 Å². The minimum atomic E-state index is -0.266.